The maximum atomic E-state index is 10.8. The molecule has 1 saturated heterocycles. The molecule has 1 amide bonds. The third-order valence-corrected chi connectivity index (χ3v) is 1.97. The number of amides is 1. The summed E-state index contributed by atoms with van der Waals surface area (Å²) in [5.41, 5.74) is 1.11. The summed E-state index contributed by atoms with van der Waals surface area (Å²) in [5, 5.41) is 9.34. The van der Waals surface area contributed by atoms with Gasteiger partial charge in [0.25, 0.3) is 0 Å². The predicted molar refractivity (Wildman–Crippen MR) is 39.0 cm³/mol. The van der Waals surface area contributed by atoms with Gasteiger partial charge in [0.2, 0.25) is 5.91 Å². The van der Waals surface area contributed by atoms with E-state index in [9.17, 15) is 4.79 Å². The number of nitrogens with one attached hydrogen (secondary N) is 2. The lowest BCUT2D eigenvalue weighted by atomic mass is 10.0. The second-order valence-electron chi connectivity index (χ2n) is 2.74. The Morgan fingerprint density at radius 1 is 1.64 bits per heavy atom. The second kappa shape index (κ2) is 2.38. The molecule has 4 heteroatoms. The van der Waals surface area contributed by atoms with Crippen LogP contribution in [0.5, 0.6) is 0 Å². The standard InChI is InChI=1S/C7H9N3O/c11-7-1-5(2-8-7)6-3-9-10-4-6/h3-5H,1-2H2,(H,8,11)(H,9,10). The molecule has 0 radical (unpaired) electrons. The Labute approximate surface area is 64.0 Å². The molecule has 1 unspecified atom stereocenters. The minimum atomic E-state index is 0.135. The van der Waals surface area contributed by atoms with Crippen molar-refractivity contribution in [1.82, 2.24) is 15.5 Å². The molecule has 0 saturated carbocycles. The van der Waals surface area contributed by atoms with E-state index in [0.29, 0.717) is 12.3 Å². The van der Waals surface area contributed by atoms with Crippen LogP contribution in [0.3, 0.4) is 0 Å². The van der Waals surface area contributed by atoms with Crippen molar-refractivity contribution in [3.05, 3.63) is 18.0 Å². The molecule has 0 bridgehead atoms. The monoisotopic (exact) mass is 151 g/mol. The van der Waals surface area contributed by atoms with E-state index in [4.69, 9.17) is 0 Å². The van der Waals surface area contributed by atoms with Crippen LogP contribution >= 0.6 is 0 Å². The first kappa shape index (κ1) is 6.39. The Kier molecular flexibility index (Phi) is 1.38. The van der Waals surface area contributed by atoms with Crippen LogP contribution in [0, 0.1) is 0 Å². The lowest BCUT2D eigenvalue weighted by Gasteiger charge is -2.00. The van der Waals surface area contributed by atoms with Crippen LogP contribution in [0.1, 0.15) is 17.9 Å². The third-order valence-electron chi connectivity index (χ3n) is 1.97. The van der Waals surface area contributed by atoms with Gasteiger partial charge in [0.05, 0.1) is 6.20 Å². The van der Waals surface area contributed by atoms with E-state index < -0.39 is 0 Å². The van der Waals surface area contributed by atoms with Crippen LogP contribution < -0.4 is 5.32 Å². The molecule has 2 N–H and O–H groups in total. The van der Waals surface area contributed by atoms with Crippen molar-refractivity contribution < 1.29 is 4.79 Å². The SMILES string of the molecule is O=C1CC(c2cn[nH]c2)CN1. The highest BCUT2D eigenvalue weighted by molar-refractivity contribution is 5.79. The van der Waals surface area contributed by atoms with Gasteiger partial charge in [-0.05, 0) is 5.56 Å². The van der Waals surface area contributed by atoms with E-state index in [2.05, 4.69) is 15.5 Å². The Bertz CT molecular complexity index is 255. The van der Waals surface area contributed by atoms with Crippen LogP contribution in [0.25, 0.3) is 0 Å². The van der Waals surface area contributed by atoms with Crippen molar-refractivity contribution in [2.45, 2.75) is 12.3 Å². The van der Waals surface area contributed by atoms with Gasteiger partial charge in [0.15, 0.2) is 0 Å². The molecule has 1 aromatic rings. The first-order chi connectivity index (χ1) is 5.36. The topological polar surface area (TPSA) is 57.8 Å². The Balaban J connectivity index is 2.13. The van der Waals surface area contributed by atoms with Crippen molar-refractivity contribution in [3.8, 4) is 0 Å². The van der Waals surface area contributed by atoms with Crippen LogP contribution in [-0.2, 0) is 4.79 Å². The van der Waals surface area contributed by atoms with Gasteiger partial charge < -0.3 is 5.32 Å². The number of rotatable bonds is 1. The van der Waals surface area contributed by atoms with E-state index >= 15 is 0 Å². The Morgan fingerprint density at radius 2 is 2.55 bits per heavy atom. The smallest absolute Gasteiger partial charge is 0.220 e. The fourth-order valence-corrected chi connectivity index (χ4v) is 1.33. The minimum absolute atomic E-state index is 0.135. The van der Waals surface area contributed by atoms with E-state index in [1.54, 1.807) is 6.20 Å². The quantitative estimate of drug-likeness (QED) is 0.594. The normalized spacial score (nSPS) is 23.6. The van der Waals surface area contributed by atoms with Gasteiger partial charge in [-0.3, -0.25) is 9.89 Å². The van der Waals surface area contributed by atoms with Gasteiger partial charge in [0.1, 0.15) is 0 Å². The molecule has 0 aliphatic carbocycles. The molecule has 2 rings (SSSR count). The number of aromatic nitrogens is 2. The summed E-state index contributed by atoms with van der Waals surface area (Å²) in [7, 11) is 0. The average Bonchev–Trinajstić information content (AvgIpc) is 2.55. The highest BCUT2D eigenvalue weighted by Crippen LogP contribution is 2.20. The van der Waals surface area contributed by atoms with Crippen molar-refractivity contribution in [2.24, 2.45) is 0 Å². The van der Waals surface area contributed by atoms with Crippen molar-refractivity contribution in [1.29, 1.82) is 0 Å². The molecule has 0 spiro atoms. The summed E-state index contributed by atoms with van der Waals surface area (Å²) < 4.78 is 0. The first-order valence-electron chi connectivity index (χ1n) is 3.61. The molecule has 2 heterocycles. The van der Waals surface area contributed by atoms with Gasteiger partial charge in [-0.15, -0.1) is 0 Å². The van der Waals surface area contributed by atoms with Crippen LogP contribution in [0.2, 0.25) is 0 Å². The summed E-state index contributed by atoms with van der Waals surface area (Å²) >= 11 is 0. The maximum Gasteiger partial charge on any atom is 0.220 e. The van der Waals surface area contributed by atoms with E-state index in [0.717, 1.165) is 12.1 Å². The van der Waals surface area contributed by atoms with E-state index in [1.165, 1.54) is 0 Å². The van der Waals surface area contributed by atoms with Crippen molar-refractivity contribution in [2.75, 3.05) is 6.54 Å². The molecule has 1 atom stereocenters. The number of nitrogens with zero attached hydrogens (tertiary/aromatic N) is 1. The number of aromatic amines is 1. The minimum Gasteiger partial charge on any atom is -0.355 e. The first-order valence-corrected chi connectivity index (χ1v) is 3.61. The molecule has 1 aromatic heterocycles. The van der Waals surface area contributed by atoms with Gasteiger partial charge in [0, 0.05) is 25.1 Å². The van der Waals surface area contributed by atoms with Crippen molar-refractivity contribution in [3.63, 3.8) is 0 Å². The number of hydrogen-bond donors (Lipinski definition) is 2. The molecule has 4 nitrogen and oxygen atoms in total. The lowest BCUT2D eigenvalue weighted by molar-refractivity contribution is -0.119. The summed E-state index contributed by atoms with van der Waals surface area (Å²) in [6, 6.07) is 0. The summed E-state index contributed by atoms with van der Waals surface area (Å²) in [6.45, 7) is 0.748. The second-order valence-corrected chi connectivity index (χ2v) is 2.74. The maximum absolute atomic E-state index is 10.8. The fourth-order valence-electron chi connectivity index (χ4n) is 1.33. The Morgan fingerprint density at radius 3 is 3.09 bits per heavy atom. The molecule has 0 aromatic carbocycles. The van der Waals surface area contributed by atoms with E-state index in [-0.39, 0.29) is 5.91 Å². The van der Waals surface area contributed by atoms with Gasteiger partial charge in [-0.1, -0.05) is 0 Å². The zero-order chi connectivity index (χ0) is 7.68. The molecule has 1 aliphatic heterocycles. The molecule has 1 fully saturated rings. The largest absolute Gasteiger partial charge is 0.355 e. The summed E-state index contributed by atoms with van der Waals surface area (Å²) in [4.78, 5) is 10.8. The molecular formula is C7H9N3O. The highest BCUT2D eigenvalue weighted by Gasteiger charge is 2.23. The van der Waals surface area contributed by atoms with E-state index in [1.807, 2.05) is 6.20 Å². The number of H-pyrrole nitrogens is 1. The molecule has 58 valence electrons. The molecule has 1 aliphatic rings. The van der Waals surface area contributed by atoms with Crippen LogP contribution in [-0.4, -0.2) is 22.6 Å². The summed E-state index contributed by atoms with van der Waals surface area (Å²) in [6.07, 6.45) is 4.20. The zero-order valence-corrected chi connectivity index (χ0v) is 6.00. The number of carbonyl (C=O) groups is 1. The number of hydrogen-bond acceptors (Lipinski definition) is 2. The predicted octanol–water partition coefficient (Wildman–Crippen LogP) is 0.0132. The summed E-state index contributed by atoms with van der Waals surface area (Å²) in [5.74, 6) is 0.456. The lowest BCUT2D eigenvalue weighted by Crippen LogP contribution is -2.13. The van der Waals surface area contributed by atoms with Gasteiger partial charge in [-0.25, -0.2) is 0 Å². The average molecular weight is 151 g/mol. The molecule has 11 heavy (non-hydrogen) atoms. The van der Waals surface area contributed by atoms with Crippen LogP contribution in [0.4, 0.5) is 0 Å². The third kappa shape index (κ3) is 1.11. The van der Waals surface area contributed by atoms with Crippen molar-refractivity contribution >= 4 is 5.91 Å². The van der Waals surface area contributed by atoms with Gasteiger partial charge in [-0.2, -0.15) is 5.10 Å². The highest BCUT2D eigenvalue weighted by atomic mass is 16.1. The molecular weight excluding hydrogens is 142 g/mol. The Hall–Kier alpha value is -1.32. The zero-order valence-electron chi connectivity index (χ0n) is 6.00. The fraction of sp³-hybridized carbons (Fsp3) is 0.429. The van der Waals surface area contributed by atoms with Gasteiger partial charge >= 0.3 is 0 Å². The van der Waals surface area contributed by atoms with Crippen LogP contribution in [0.15, 0.2) is 12.4 Å². The number of carbonyl (C=O) groups excluding carboxylic acids is 1.